The van der Waals surface area contributed by atoms with E-state index in [1.165, 1.54) is 11.3 Å². The SMILES string of the molecule is Cc1cc(-c2cc(C(=O)Nc3nnc(Cc4ccccc4)s3)c3cnn(C(C)C)c3n2)c(C)o1. The van der Waals surface area contributed by atoms with Gasteiger partial charge in [-0.05, 0) is 45.4 Å². The van der Waals surface area contributed by atoms with Crippen LogP contribution in [-0.4, -0.2) is 30.9 Å². The molecule has 0 atom stereocenters. The first kappa shape index (κ1) is 22.0. The quantitative estimate of drug-likeness (QED) is 0.346. The van der Waals surface area contributed by atoms with Crippen molar-refractivity contribution in [2.45, 2.75) is 40.2 Å². The molecule has 0 aliphatic carbocycles. The Labute approximate surface area is 200 Å². The van der Waals surface area contributed by atoms with E-state index in [1.54, 1.807) is 12.3 Å². The van der Waals surface area contributed by atoms with Gasteiger partial charge in [0.15, 0.2) is 5.65 Å². The summed E-state index contributed by atoms with van der Waals surface area (Å²) in [7, 11) is 0. The summed E-state index contributed by atoms with van der Waals surface area (Å²) in [5.74, 6) is 1.26. The van der Waals surface area contributed by atoms with Crippen LogP contribution in [0.1, 0.15) is 52.3 Å². The first-order valence-electron chi connectivity index (χ1n) is 11.0. The van der Waals surface area contributed by atoms with Crippen LogP contribution in [0.25, 0.3) is 22.3 Å². The first-order valence-corrected chi connectivity index (χ1v) is 11.8. The number of furan rings is 1. The molecule has 34 heavy (non-hydrogen) atoms. The van der Waals surface area contributed by atoms with Crippen LogP contribution in [0, 0.1) is 13.8 Å². The van der Waals surface area contributed by atoms with Crippen LogP contribution in [0.4, 0.5) is 5.13 Å². The van der Waals surface area contributed by atoms with E-state index >= 15 is 0 Å². The van der Waals surface area contributed by atoms with Crippen molar-refractivity contribution < 1.29 is 9.21 Å². The minimum atomic E-state index is -0.280. The molecule has 0 radical (unpaired) electrons. The van der Waals surface area contributed by atoms with Crippen LogP contribution in [0.15, 0.2) is 53.1 Å². The van der Waals surface area contributed by atoms with Crippen molar-refractivity contribution >= 4 is 33.4 Å². The molecule has 172 valence electrons. The van der Waals surface area contributed by atoms with Crippen molar-refractivity contribution in [3.8, 4) is 11.3 Å². The minimum absolute atomic E-state index is 0.0899. The van der Waals surface area contributed by atoms with Crippen molar-refractivity contribution in [2.75, 3.05) is 5.32 Å². The second kappa shape index (κ2) is 8.83. The molecule has 8 nitrogen and oxygen atoms in total. The smallest absolute Gasteiger partial charge is 0.258 e. The van der Waals surface area contributed by atoms with Crippen molar-refractivity contribution in [1.82, 2.24) is 25.0 Å². The Bertz CT molecular complexity index is 1480. The van der Waals surface area contributed by atoms with Crippen LogP contribution in [-0.2, 0) is 6.42 Å². The maximum Gasteiger partial charge on any atom is 0.258 e. The van der Waals surface area contributed by atoms with Crippen LogP contribution >= 0.6 is 11.3 Å². The number of hydrogen-bond acceptors (Lipinski definition) is 7. The van der Waals surface area contributed by atoms with Gasteiger partial charge < -0.3 is 4.42 Å². The standard InChI is InChI=1S/C25H24N6O2S/c1-14(2)31-23-20(13-26-31)19(12-21(27-23)18-10-15(3)33-16(18)4)24(32)28-25-30-29-22(34-25)11-17-8-6-5-7-9-17/h5-10,12-14H,11H2,1-4H3,(H,28,30,32). The highest BCUT2D eigenvalue weighted by atomic mass is 32.1. The fraction of sp³-hybridized carbons (Fsp3) is 0.240. The summed E-state index contributed by atoms with van der Waals surface area (Å²) >= 11 is 1.37. The highest BCUT2D eigenvalue weighted by Gasteiger charge is 2.21. The zero-order chi connectivity index (χ0) is 23.8. The average molecular weight is 473 g/mol. The summed E-state index contributed by atoms with van der Waals surface area (Å²) in [6.07, 6.45) is 2.35. The molecular weight excluding hydrogens is 448 g/mol. The second-order valence-corrected chi connectivity index (χ2v) is 9.48. The Kier molecular flexibility index (Phi) is 5.70. The van der Waals surface area contributed by atoms with E-state index in [-0.39, 0.29) is 11.9 Å². The monoisotopic (exact) mass is 472 g/mol. The Morgan fingerprint density at radius 1 is 1.15 bits per heavy atom. The number of benzene rings is 1. The summed E-state index contributed by atoms with van der Waals surface area (Å²) in [5.41, 5.74) is 3.79. The average Bonchev–Trinajstić information content (AvgIpc) is 3.52. The summed E-state index contributed by atoms with van der Waals surface area (Å²) < 4.78 is 7.53. The Morgan fingerprint density at radius 3 is 2.65 bits per heavy atom. The first-order chi connectivity index (χ1) is 16.4. The summed E-state index contributed by atoms with van der Waals surface area (Å²) in [5, 5.41) is 17.8. The van der Waals surface area contributed by atoms with E-state index in [9.17, 15) is 4.79 Å². The lowest BCUT2D eigenvalue weighted by Crippen LogP contribution is -2.13. The molecule has 1 amide bonds. The van der Waals surface area contributed by atoms with Crippen molar-refractivity contribution in [3.05, 3.63) is 76.3 Å². The largest absolute Gasteiger partial charge is 0.466 e. The van der Waals surface area contributed by atoms with Gasteiger partial charge in [-0.2, -0.15) is 5.10 Å². The third-order valence-electron chi connectivity index (χ3n) is 5.50. The topological polar surface area (TPSA) is 98.7 Å². The van der Waals surface area contributed by atoms with Crippen molar-refractivity contribution in [1.29, 1.82) is 0 Å². The van der Waals surface area contributed by atoms with Gasteiger partial charge in [-0.15, -0.1) is 10.2 Å². The number of amides is 1. The molecule has 5 aromatic rings. The molecule has 0 saturated carbocycles. The van der Waals surface area contributed by atoms with Gasteiger partial charge in [0.05, 0.1) is 22.8 Å². The molecule has 0 aliphatic rings. The molecule has 4 heterocycles. The van der Waals surface area contributed by atoms with E-state index in [2.05, 4.69) is 20.6 Å². The molecular formula is C25H24N6O2S. The molecule has 0 aliphatic heterocycles. The van der Waals surface area contributed by atoms with Gasteiger partial charge in [-0.1, -0.05) is 41.7 Å². The minimum Gasteiger partial charge on any atom is -0.466 e. The number of anilines is 1. The number of nitrogens with zero attached hydrogens (tertiary/aromatic N) is 5. The maximum atomic E-state index is 13.4. The normalized spacial score (nSPS) is 11.4. The van der Waals surface area contributed by atoms with Gasteiger partial charge in [-0.3, -0.25) is 10.1 Å². The number of carbonyl (C=O) groups excluding carboxylic acids is 1. The highest BCUT2D eigenvalue weighted by Crippen LogP contribution is 2.30. The molecule has 0 bridgehead atoms. The lowest BCUT2D eigenvalue weighted by atomic mass is 10.1. The third kappa shape index (κ3) is 4.22. The predicted molar refractivity (Wildman–Crippen MR) is 132 cm³/mol. The fourth-order valence-electron chi connectivity index (χ4n) is 3.92. The van der Waals surface area contributed by atoms with Gasteiger partial charge in [0.1, 0.15) is 16.5 Å². The second-order valence-electron chi connectivity index (χ2n) is 8.42. The van der Waals surface area contributed by atoms with Gasteiger partial charge >= 0.3 is 0 Å². The van der Waals surface area contributed by atoms with Gasteiger partial charge in [0, 0.05) is 18.0 Å². The number of fused-ring (bicyclic) bond motifs is 1. The van der Waals surface area contributed by atoms with E-state index in [1.807, 2.05) is 68.8 Å². The highest BCUT2D eigenvalue weighted by molar-refractivity contribution is 7.15. The Balaban J connectivity index is 1.50. The Hall–Kier alpha value is -3.85. The lowest BCUT2D eigenvalue weighted by molar-refractivity contribution is 0.102. The molecule has 4 aromatic heterocycles. The maximum absolute atomic E-state index is 13.4. The zero-order valence-electron chi connectivity index (χ0n) is 19.4. The fourth-order valence-corrected chi connectivity index (χ4v) is 4.69. The molecule has 0 spiro atoms. The van der Waals surface area contributed by atoms with Gasteiger partial charge in [0.25, 0.3) is 5.91 Å². The third-order valence-corrected chi connectivity index (χ3v) is 6.34. The van der Waals surface area contributed by atoms with Crippen LogP contribution in [0.3, 0.4) is 0 Å². The van der Waals surface area contributed by atoms with Crippen LogP contribution in [0.2, 0.25) is 0 Å². The Morgan fingerprint density at radius 2 is 1.94 bits per heavy atom. The molecule has 1 aromatic carbocycles. The van der Waals surface area contributed by atoms with Crippen LogP contribution in [0.5, 0.6) is 0 Å². The number of nitrogens with one attached hydrogen (secondary N) is 1. The summed E-state index contributed by atoms with van der Waals surface area (Å²) in [6, 6.07) is 13.9. The van der Waals surface area contributed by atoms with E-state index in [0.717, 1.165) is 27.7 Å². The van der Waals surface area contributed by atoms with Gasteiger partial charge in [-0.25, -0.2) is 9.67 Å². The number of rotatable bonds is 6. The van der Waals surface area contributed by atoms with Crippen LogP contribution < -0.4 is 5.32 Å². The van der Waals surface area contributed by atoms with E-state index in [0.29, 0.717) is 33.8 Å². The van der Waals surface area contributed by atoms with E-state index < -0.39 is 0 Å². The van der Waals surface area contributed by atoms with Crippen molar-refractivity contribution in [3.63, 3.8) is 0 Å². The predicted octanol–water partition coefficient (Wildman–Crippen LogP) is 5.58. The van der Waals surface area contributed by atoms with Gasteiger partial charge in [0.2, 0.25) is 5.13 Å². The molecule has 9 heteroatoms. The number of hydrogen-bond donors (Lipinski definition) is 1. The number of carbonyl (C=O) groups is 1. The lowest BCUT2D eigenvalue weighted by Gasteiger charge is -2.10. The summed E-state index contributed by atoms with van der Waals surface area (Å²) in [6.45, 7) is 7.85. The van der Waals surface area contributed by atoms with E-state index in [4.69, 9.17) is 9.40 Å². The molecule has 0 saturated heterocycles. The summed E-state index contributed by atoms with van der Waals surface area (Å²) in [4.78, 5) is 18.2. The molecule has 0 fully saturated rings. The number of aryl methyl sites for hydroxylation is 2. The zero-order valence-corrected chi connectivity index (χ0v) is 20.2. The number of pyridine rings is 1. The molecule has 1 N–H and O–H groups in total. The molecule has 0 unspecified atom stereocenters. The molecule has 5 rings (SSSR count). The van der Waals surface area contributed by atoms with Crippen molar-refractivity contribution in [2.24, 2.45) is 0 Å². The number of aromatic nitrogens is 5.